The van der Waals surface area contributed by atoms with Crippen LogP contribution < -0.4 is 10.9 Å². The van der Waals surface area contributed by atoms with Crippen LogP contribution in [0.1, 0.15) is 25.8 Å². The third kappa shape index (κ3) is 4.75. The topological polar surface area (TPSA) is 64.0 Å². The minimum atomic E-state index is -0.141. The van der Waals surface area contributed by atoms with E-state index in [1.54, 1.807) is 22.8 Å². The number of rotatable bonds is 7. The first kappa shape index (κ1) is 20.4. The smallest absolute Gasteiger partial charge is 0.262 e. The number of carbonyl (C=O) groups excluding carboxylic acids is 1. The fourth-order valence-corrected chi connectivity index (χ4v) is 3.85. The molecule has 5 nitrogen and oxygen atoms in total. The van der Waals surface area contributed by atoms with E-state index in [2.05, 4.69) is 17.2 Å². The Hall–Kier alpha value is -2.31. The van der Waals surface area contributed by atoms with E-state index in [1.807, 2.05) is 31.2 Å². The highest BCUT2D eigenvalue weighted by atomic mass is 35.5. The number of halogens is 1. The molecule has 0 aliphatic carbocycles. The predicted octanol–water partition coefficient (Wildman–Crippen LogP) is 4.75. The molecule has 1 amide bonds. The normalized spacial score (nSPS) is 11.0. The number of amides is 1. The number of benzene rings is 2. The molecule has 7 heteroatoms. The maximum atomic E-state index is 12.8. The molecular weight excluding hydrogens is 394 g/mol. The van der Waals surface area contributed by atoms with Crippen LogP contribution in [0.2, 0.25) is 5.02 Å². The van der Waals surface area contributed by atoms with Crippen molar-refractivity contribution < 1.29 is 4.79 Å². The molecule has 0 saturated heterocycles. The number of carbonyl (C=O) groups is 1. The summed E-state index contributed by atoms with van der Waals surface area (Å²) in [4.78, 5) is 29.7. The Bertz CT molecular complexity index is 1050. The average Bonchev–Trinajstić information content (AvgIpc) is 2.69. The van der Waals surface area contributed by atoms with Gasteiger partial charge in [-0.1, -0.05) is 49.3 Å². The monoisotopic (exact) mass is 415 g/mol. The molecule has 0 atom stereocenters. The van der Waals surface area contributed by atoms with Crippen molar-refractivity contribution in [1.29, 1.82) is 0 Å². The van der Waals surface area contributed by atoms with Gasteiger partial charge in [-0.15, -0.1) is 0 Å². The van der Waals surface area contributed by atoms with Gasteiger partial charge in [-0.3, -0.25) is 14.2 Å². The van der Waals surface area contributed by atoms with Crippen molar-refractivity contribution in [2.75, 3.05) is 11.1 Å². The van der Waals surface area contributed by atoms with Crippen LogP contribution in [0, 0.1) is 0 Å². The molecule has 3 aromatic rings. The maximum absolute atomic E-state index is 12.8. The van der Waals surface area contributed by atoms with Crippen LogP contribution in [0.15, 0.2) is 52.4 Å². The molecule has 1 heterocycles. The molecule has 0 spiro atoms. The molecule has 0 unspecified atom stereocenters. The first-order chi connectivity index (χ1) is 13.5. The summed E-state index contributed by atoms with van der Waals surface area (Å²) in [7, 11) is 0. The molecular formula is C21H22ClN3O2S. The van der Waals surface area contributed by atoms with E-state index in [1.165, 1.54) is 17.3 Å². The van der Waals surface area contributed by atoms with Crippen molar-refractivity contribution >= 4 is 45.9 Å². The van der Waals surface area contributed by atoms with E-state index in [9.17, 15) is 9.59 Å². The number of hydrogen-bond donors (Lipinski definition) is 1. The average molecular weight is 416 g/mol. The van der Waals surface area contributed by atoms with Gasteiger partial charge in [0.25, 0.3) is 5.56 Å². The minimum Gasteiger partial charge on any atom is -0.325 e. The highest BCUT2D eigenvalue weighted by molar-refractivity contribution is 7.99. The van der Waals surface area contributed by atoms with Gasteiger partial charge in [0.1, 0.15) is 0 Å². The first-order valence-corrected chi connectivity index (χ1v) is 10.6. The second-order valence-corrected chi connectivity index (χ2v) is 7.78. The lowest BCUT2D eigenvalue weighted by atomic mass is 10.1. The van der Waals surface area contributed by atoms with Crippen molar-refractivity contribution in [3.05, 3.63) is 63.4 Å². The zero-order valence-electron chi connectivity index (χ0n) is 15.9. The number of fused-ring (bicyclic) bond motifs is 1. The molecule has 0 saturated carbocycles. The van der Waals surface area contributed by atoms with Crippen molar-refractivity contribution in [2.24, 2.45) is 0 Å². The Morgan fingerprint density at radius 1 is 1.18 bits per heavy atom. The second kappa shape index (κ2) is 9.26. The minimum absolute atomic E-state index is 0.110. The number of nitrogens with one attached hydrogen (secondary N) is 1. The van der Waals surface area contributed by atoms with Crippen LogP contribution >= 0.6 is 23.4 Å². The molecule has 28 heavy (non-hydrogen) atoms. The Balaban J connectivity index is 1.79. The molecule has 2 aromatic carbocycles. The predicted molar refractivity (Wildman–Crippen MR) is 116 cm³/mol. The van der Waals surface area contributed by atoms with E-state index in [4.69, 9.17) is 11.6 Å². The van der Waals surface area contributed by atoms with E-state index in [0.717, 1.165) is 18.5 Å². The van der Waals surface area contributed by atoms with Gasteiger partial charge in [0.15, 0.2) is 5.16 Å². The van der Waals surface area contributed by atoms with E-state index < -0.39 is 0 Å². The third-order valence-electron chi connectivity index (χ3n) is 4.31. The second-order valence-electron chi connectivity index (χ2n) is 6.40. The molecule has 1 aromatic heterocycles. The van der Waals surface area contributed by atoms with Crippen molar-refractivity contribution in [3.8, 4) is 0 Å². The van der Waals surface area contributed by atoms with Crippen LogP contribution in [0.25, 0.3) is 10.9 Å². The zero-order chi connectivity index (χ0) is 20.1. The summed E-state index contributed by atoms with van der Waals surface area (Å²) < 4.78 is 1.63. The molecule has 1 N–H and O–H groups in total. The quantitative estimate of drug-likeness (QED) is 0.446. The van der Waals surface area contributed by atoms with E-state index in [-0.39, 0.29) is 17.2 Å². The molecule has 0 radical (unpaired) electrons. The number of aromatic nitrogens is 2. The summed E-state index contributed by atoms with van der Waals surface area (Å²) in [5.41, 5.74) is 2.41. The summed E-state index contributed by atoms with van der Waals surface area (Å²) in [6, 6.07) is 12.8. The summed E-state index contributed by atoms with van der Waals surface area (Å²) >= 11 is 7.30. The largest absolute Gasteiger partial charge is 0.325 e. The van der Waals surface area contributed by atoms with Crippen LogP contribution in [0.5, 0.6) is 0 Å². The van der Waals surface area contributed by atoms with Crippen molar-refractivity contribution in [2.45, 2.75) is 38.4 Å². The lowest BCUT2D eigenvalue weighted by molar-refractivity contribution is -0.113. The van der Waals surface area contributed by atoms with Gasteiger partial charge in [0.05, 0.1) is 16.7 Å². The van der Waals surface area contributed by atoms with Gasteiger partial charge in [0.2, 0.25) is 5.91 Å². The lowest BCUT2D eigenvalue weighted by Gasteiger charge is -2.12. The van der Waals surface area contributed by atoms with Crippen molar-refractivity contribution in [1.82, 2.24) is 9.55 Å². The van der Waals surface area contributed by atoms with Gasteiger partial charge < -0.3 is 5.32 Å². The number of aryl methyl sites for hydroxylation is 1. The number of thioether (sulfide) groups is 1. The maximum Gasteiger partial charge on any atom is 0.262 e. The van der Waals surface area contributed by atoms with Crippen LogP contribution in [0.4, 0.5) is 5.69 Å². The first-order valence-electron chi connectivity index (χ1n) is 9.23. The lowest BCUT2D eigenvalue weighted by Crippen LogP contribution is -2.24. The Morgan fingerprint density at radius 3 is 2.61 bits per heavy atom. The van der Waals surface area contributed by atoms with Gasteiger partial charge >= 0.3 is 0 Å². The van der Waals surface area contributed by atoms with Gasteiger partial charge in [-0.2, -0.15) is 0 Å². The highest BCUT2D eigenvalue weighted by Gasteiger charge is 2.13. The Morgan fingerprint density at radius 2 is 1.93 bits per heavy atom. The molecule has 0 bridgehead atoms. The summed E-state index contributed by atoms with van der Waals surface area (Å²) in [5.74, 6) is 0.0235. The highest BCUT2D eigenvalue weighted by Crippen LogP contribution is 2.21. The molecule has 3 rings (SSSR count). The summed E-state index contributed by atoms with van der Waals surface area (Å²) in [5, 5.41) is 4.46. The van der Waals surface area contributed by atoms with Crippen LogP contribution in [-0.4, -0.2) is 21.2 Å². The van der Waals surface area contributed by atoms with Gasteiger partial charge in [0, 0.05) is 17.3 Å². The van der Waals surface area contributed by atoms with Gasteiger partial charge in [-0.25, -0.2) is 4.98 Å². The van der Waals surface area contributed by atoms with E-state index in [0.29, 0.717) is 27.6 Å². The number of hydrogen-bond acceptors (Lipinski definition) is 4. The Kier molecular flexibility index (Phi) is 6.75. The fraction of sp³-hybridized carbons (Fsp3) is 0.286. The zero-order valence-corrected chi connectivity index (χ0v) is 17.4. The standard InChI is InChI=1S/C21H22ClN3O2S/c1-3-11-25-20(27)17-10-7-15(22)12-18(17)24-21(25)28-13-19(26)23-16-8-5-14(4-2)6-9-16/h5-10,12H,3-4,11,13H2,1-2H3,(H,23,26). The summed E-state index contributed by atoms with van der Waals surface area (Å²) in [6.45, 7) is 4.64. The Labute approximate surface area is 173 Å². The van der Waals surface area contributed by atoms with Gasteiger partial charge in [-0.05, 0) is 48.7 Å². The summed E-state index contributed by atoms with van der Waals surface area (Å²) in [6.07, 6.45) is 1.75. The molecule has 0 fully saturated rings. The van der Waals surface area contributed by atoms with Crippen LogP contribution in [-0.2, 0) is 17.8 Å². The number of nitrogens with zero attached hydrogens (tertiary/aromatic N) is 2. The van der Waals surface area contributed by atoms with Crippen LogP contribution in [0.3, 0.4) is 0 Å². The SMILES string of the molecule is CCCn1c(SCC(=O)Nc2ccc(CC)cc2)nc2cc(Cl)ccc2c1=O. The van der Waals surface area contributed by atoms with Crippen molar-refractivity contribution in [3.63, 3.8) is 0 Å². The number of anilines is 1. The van der Waals surface area contributed by atoms with E-state index >= 15 is 0 Å². The molecule has 0 aliphatic heterocycles. The molecule has 146 valence electrons. The third-order valence-corrected chi connectivity index (χ3v) is 5.52. The fourth-order valence-electron chi connectivity index (χ4n) is 2.86. The molecule has 0 aliphatic rings.